The predicted octanol–water partition coefficient (Wildman–Crippen LogP) is 6.59. The number of piperidine rings is 1. The Morgan fingerprint density at radius 3 is 2.32 bits per heavy atom. The first-order valence-corrected chi connectivity index (χ1v) is 25.3. The van der Waals surface area contributed by atoms with E-state index in [1.54, 1.807) is 21.0 Å². The van der Waals surface area contributed by atoms with Crippen LogP contribution in [0.25, 0.3) is 10.9 Å². The zero-order chi connectivity index (χ0) is 50.3. The van der Waals surface area contributed by atoms with Gasteiger partial charge < -0.3 is 53.2 Å². The number of aliphatic hydroxyl groups excluding tert-OH is 2. The summed E-state index contributed by atoms with van der Waals surface area (Å²) >= 11 is 0. The van der Waals surface area contributed by atoms with Gasteiger partial charge in [-0.1, -0.05) is 45.4 Å². The van der Waals surface area contributed by atoms with E-state index in [4.69, 9.17) is 28.4 Å². The predicted molar refractivity (Wildman–Crippen MR) is 260 cm³/mol. The van der Waals surface area contributed by atoms with E-state index in [0.717, 1.165) is 28.5 Å². The number of nitrogens with zero attached hydrogens (tertiary/aromatic N) is 2. The number of ether oxygens (including phenoxy) is 6. The third-order valence-corrected chi connectivity index (χ3v) is 15.6. The second-order valence-electron chi connectivity index (χ2n) is 20.7. The maximum Gasteiger partial charge on any atom is 0.329 e. The number of fused-ring (bicyclic) bond motifs is 4. The van der Waals surface area contributed by atoms with Crippen LogP contribution in [0.5, 0.6) is 5.75 Å². The SMILES string of the molecule is CCC1/C=C(\C)CC(C)CC(OC)C2OC(O)(C(=O)C(=O)N3CCCCC3C(=O)OC(C(C)=CC3CCC(Oc4ccc5c(c4)c(CCO)cn5C)C(OC)C3)C(C)C(O)CC1=O)C(C)CC2OC. The molecule has 1 aromatic carbocycles. The number of Topliss-reactive ketones (excluding diaryl/α,β-unsaturated/α-hetero) is 2. The minimum atomic E-state index is -2.52. The number of rotatable bonds is 10. The van der Waals surface area contributed by atoms with E-state index in [1.807, 2.05) is 62.9 Å². The van der Waals surface area contributed by atoms with Crippen molar-refractivity contribution in [2.75, 3.05) is 34.5 Å². The largest absolute Gasteiger partial charge is 0.488 e. The Balaban J connectivity index is 1.30. The lowest BCUT2D eigenvalue weighted by molar-refractivity contribution is -0.302. The Hall–Kier alpha value is -3.96. The Kier molecular flexibility index (Phi) is 18.9. The molecule has 4 aliphatic rings. The normalized spacial score (nSPS) is 36.0. The summed E-state index contributed by atoms with van der Waals surface area (Å²) in [6.45, 7) is 11.4. The number of benzene rings is 1. The highest BCUT2D eigenvalue weighted by atomic mass is 16.7. The van der Waals surface area contributed by atoms with Gasteiger partial charge in [0.15, 0.2) is 0 Å². The van der Waals surface area contributed by atoms with Crippen molar-refractivity contribution >= 4 is 34.3 Å². The molecule has 14 unspecified atom stereocenters. The molecule has 3 aliphatic heterocycles. The number of hydrogen-bond donors (Lipinski definition) is 3. The molecule has 1 saturated carbocycles. The number of aromatic nitrogens is 1. The van der Waals surface area contributed by atoms with Crippen LogP contribution in [0, 0.1) is 29.6 Å². The molecule has 1 amide bonds. The molecular weight excluding hydrogens is 885 g/mol. The van der Waals surface area contributed by atoms with E-state index in [1.165, 1.54) is 19.1 Å². The van der Waals surface area contributed by atoms with Crippen molar-refractivity contribution < 1.29 is 62.9 Å². The van der Waals surface area contributed by atoms with Gasteiger partial charge in [0.2, 0.25) is 5.79 Å². The minimum Gasteiger partial charge on any atom is -0.488 e. The summed E-state index contributed by atoms with van der Waals surface area (Å²) in [6.07, 6.45) is 6.87. The number of hydrogen-bond acceptors (Lipinski definition) is 13. The molecule has 15 nitrogen and oxygen atoms in total. The molecule has 69 heavy (non-hydrogen) atoms. The van der Waals surface area contributed by atoms with E-state index in [2.05, 4.69) is 13.0 Å². The summed E-state index contributed by atoms with van der Waals surface area (Å²) in [7, 11) is 6.72. The molecule has 2 aromatic rings. The first-order valence-electron chi connectivity index (χ1n) is 25.3. The van der Waals surface area contributed by atoms with Crippen LogP contribution in [0.2, 0.25) is 0 Å². The number of amides is 1. The molecule has 0 radical (unpaired) electrons. The van der Waals surface area contributed by atoms with Crippen molar-refractivity contribution in [2.45, 2.75) is 173 Å². The second kappa shape index (κ2) is 24.0. The summed E-state index contributed by atoms with van der Waals surface area (Å²) in [5.74, 6) is -6.89. The van der Waals surface area contributed by atoms with Crippen molar-refractivity contribution in [3.8, 4) is 5.75 Å². The van der Waals surface area contributed by atoms with Crippen LogP contribution in [-0.4, -0.2) is 137 Å². The van der Waals surface area contributed by atoms with Crippen LogP contribution in [-0.2, 0) is 56.3 Å². The van der Waals surface area contributed by atoms with Gasteiger partial charge in [0.05, 0.1) is 24.4 Å². The molecular formula is C54H80N2O13. The zero-order valence-corrected chi connectivity index (χ0v) is 42.7. The molecule has 0 spiro atoms. The minimum absolute atomic E-state index is 0.0137. The molecule has 14 atom stereocenters. The summed E-state index contributed by atoms with van der Waals surface area (Å²) in [5.41, 5.74) is 3.76. The summed E-state index contributed by atoms with van der Waals surface area (Å²) in [6, 6.07) is 4.84. The van der Waals surface area contributed by atoms with E-state index < -0.39 is 77.8 Å². The van der Waals surface area contributed by atoms with Gasteiger partial charge in [0.25, 0.3) is 11.7 Å². The molecule has 384 valence electrons. The third kappa shape index (κ3) is 12.4. The van der Waals surface area contributed by atoms with Gasteiger partial charge in [0, 0.05) is 82.8 Å². The number of aliphatic hydroxyl groups is 3. The maximum absolute atomic E-state index is 14.6. The number of esters is 1. The smallest absolute Gasteiger partial charge is 0.329 e. The maximum atomic E-state index is 14.6. The molecule has 4 heterocycles. The van der Waals surface area contributed by atoms with Gasteiger partial charge in [-0.15, -0.1) is 0 Å². The first kappa shape index (κ1) is 54.4. The zero-order valence-electron chi connectivity index (χ0n) is 42.7. The van der Waals surface area contributed by atoms with Crippen molar-refractivity contribution in [1.82, 2.24) is 9.47 Å². The van der Waals surface area contributed by atoms with Gasteiger partial charge in [0.1, 0.15) is 35.9 Å². The molecule has 1 aliphatic carbocycles. The summed E-state index contributed by atoms with van der Waals surface area (Å²) < 4.78 is 39.2. The lowest BCUT2D eigenvalue weighted by atomic mass is 9.81. The Labute approximate surface area is 408 Å². The summed E-state index contributed by atoms with van der Waals surface area (Å²) in [4.78, 5) is 58.6. The van der Waals surface area contributed by atoms with Crippen LogP contribution in [0.15, 0.2) is 47.7 Å². The van der Waals surface area contributed by atoms with Crippen LogP contribution >= 0.6 is 0 Å². The van der Waals surface area contributed by atoms with Crippen LogP contribution in [0.3, 0.4) is 0 Å². The fourth-order valence-electron chi connectivity index (χ4n) is 11.5. The van der Waals surface area contributed by atoms with E-state index in [9.17, 15) is 34.5 Å². The van der Waals surface area contributed by atoms with E-state index in [0.29, 0.717) is 62.7 Å². The number of carbonyl (C=O) groups is 4. The van der Waals surface area contributed by atoms with Crippen molar-refractivity contribution in [2.24, 2.45) is 36.6 Å². The molecule has 1 aromatic heterocycles. The van der Waals surface area contributed by atoms with Crippen molar-refractivity contribution in [3.05, 3.63) is 53.3 Å². The molecule has 15 heteroatoms. The molecule has 2 saturated heterocycles. The number of ketones is 2. The van der Waals surface area contributed by atoms with Crippen molar-refractivity contribution in [1.29, 1.82) is 0 Å². The highest BCUT2D eigenvalue weighted by Gasteiger charge is 2.56. The van der Waals surface area contributed by atoms with Gasteiger partial charge in [-0.2, -0.15) is 0 Å². The molecule has 2 bridgehead atoms. The average molecular weight is 965 g/mol. The van der Waals surface area contributed by atoms with Gasteiger partial charge >= 0.3 is 5.97 Å². The Bertz CT molecular complexity index is 2170. The number of allylic oxidation sites excluding steroid dienone is 3. The lowest BCUT2D eigenvalue weighted by Gasteiger charge is -2.47. The molecule has 3 fully saturated rings. The van der Waals surface area contributed by atoms with Gasteiger partial charge in [-0.3, -0.25) is 14.4 Å². The third-order valence-electron chi connectivity index (χ3n) is 15.6. The quantitative estimate of drug-likeness (QED) is 0.132. The van der Waals surface area contributed by atoms with Crippen LogP contribution in [0.1, 0.15) is 118 Å². The average Bonchev–Trinajstić information content (AvgIpc) is 3.64. The van der Waals surface area contributed by atoms with Gasteiger partial charge in [-0.05, 0) is 126 Å². The first-order chi connectivity index (χ1) is 32.9. The van der Waals surface area contributed by atoms with Crippen LogP contribution in [0.4, 0.5) is 0 Å². The standard InChI is InChI=1S/C54H80N2O13/c1-11-37-23-31(2)22-32(3)24-47(65-9)50-48(66-10)26-34(5)54(63,69-50)51(60)52(61)56-20-13-12-14-42(56)53(62)68-49(35(6)43(58)29-44(37)59)33(4)25-36-15-18-45(46(27-36)64-8)67-39-16-17-41-40(28-39)38(19-21-57)30-55(41)7/h16-17,23,25,28,30,32,34-37,42-43,45-50,57-58,63H,11-15,18-22,24,26-27,29H2,1-10H3/b31-23+,33-25?. The topological polar surface area (TPSA) is 193 Å². The molecule has 6 rings (SSSR count). The number of methoxy groups -OCH3 is 3. The fourth-order valence-corrected chi connectivity index (χ4v) is 11.5. The fraction of sp³-hybridized carbons (Fsp3) is 0.704. The Morgan fingerprint density at radius 2 is 1.64 bits per heavy atom. The number of aryl methyl sites for hydroxylation is 1. The molecule has 3 N–H and O–H groups in total. The summed E-state index contributed by atoms with van der Waals surface area (Å²) in [5, 5.41) is 34.7. The van der Waals surface area contributed by atoms with E-state index >= 15 is 0 Å². The number of cyclic esters (lactones) is 1. The Morgan fingerprint density at radius 1 is 0.928 bits per heavy atom. The van der Waals surface area contributed by atoms with E-state index in [-0.39, 0.29) is 62.2 Å². The number of carbonyl (C=O) groups excluding carboxylic acids is 4. The van der Waals surface area contributed by atoms with Gasteiger partial charge in [-0.25, -0.2) is 4.79 Å². The highest BCUT2D eigenvalue weighted by Crippen LogP contribution is 2.40. The highest BCUT2D eigenvalue weighted by molar-refractivity contribution is 6.39. The second-order valence-corrected chi connectivity index (χ2v) is 20.7. The lowest BCUT2D eigenvalue weighted by Crippen LogP contribution is -2.64. The van der Waals surface area contributed by atoms with Crippen LogP contribution < -0.4 is 4.74 Å². The van der Waals surface area contributed by atoms with Crippen molar-refractivity contribution in [3.63, 3.8) is 0 Å². The monoisotopic (exact) mass is 965 g/mol.